The highest BCUT2D eigenvalue weighted by atomic mass is 16.5. The second kappa shape index (κ2) is 8.32. The molecule has 2 atom stereocenters. The second-order valence-corrected chi connectivity index (χ2v) is 8.02. The molecule has 2 rings (SSSR count). The number of piperidine rings is 1. The lowest BCUT2D eigenvalue weighted by Gasteiger charge is -2.35. The molecule has 1 aromatic rings. The Balaban J connectivity index is 1.88. The van der Waals surface area contributed by atoms with Gasteiger partial charge < -0.3 is 14.9 Å². The Kier molecular flexibility index (Phi) is 6.67. The molecule has 0 amide bonds. The molecule has 0 aromatic heterocycles. The molecule has 24 heavy (non-hydrogen) atoms. The topological polar surface area (TPSA) is 52.9 Å². The van der Waals surface area contributed by atoms with Crippen molar-refractivity contribution >= 4 is 0 Å². The summed E-state index contributed by atoms with van der Waals surface area (Å²) in [7, 11) is 0. The van der Waals surface area contributed by atoms with E-state index in [0.29, 0.717) is 6.54 Å². The average molecular weight is 335 g/mol. The van der Waals surface area contributed by atoms with Crippen LogP contribution in [0.25, 0.3) is 0 Å². The number of hydrogen-bond acceptors (Lipinski definition) is 4. The van der Waals surface area contributed by atoms with Gasteiger partial charge in [0.1, 0.15) is 18.5 Å². The summed E-state index contributed by atoms with van der Waals surface area (Å²) < 4.78 is 5.84. The lowest BCUT2D eigenvalue weighted by atomic mass is 9.86. The number of ether oxygens (including phenoxy) is 1. The third kappa shape index (κ3) is 5.20. The predicted octanol–water partition coefficient (Wildman–Crippen LogP) is 2.88. The molecule has 1 aliphatic rings. The standard InChI is InChI=1S/C20H33NO3/c1-15-11-16(20(2,3)4)8-9-19(15)24-14-18(23)12-21-10-6-5-7-17(21)13-22/h8-9,11,17-18,22-23H,5-7,10,12-14H2,1-4H3/t17-,18+/m0/s1. The highest BCUT2D eigenvalue weighted by Gasteiger charge is 2.24. The smallest absolute Gasteiger partial charge is 0.122 e. The zero-order valence-corrected chi connectivity index (χ0v) is 15.6. The molecule has 4 nitrogen and oxygen atoms in total. The summed E-state index contributed by atoms with van der Waals surface area (Å²) in [5, 5.41) is 19.8. The van der Waals surface area contributed by atoms with Crippen LogP contribution in [0.1, 0.15) is 51.2 Å². The lowest BCUT2D eigenvalue weighted by molar-refractivity contribution is 0.0231. The van der Waals surface area contributed by atoms with Gasteiger partial charge in [-0.15, -0.1) is 0 Å². The zero-order chi connectivity index (χ0) is 17.7. The monoisotopic (exact) mass is 335 g/mol. The number of hydrogen-bond donors (Lipinski definition) is 2. The van der Waals surface area contributed by atoms with Gasteiger partial charge in [-0.1, -0.05) is 39.3 Å². The van der Waals surface area contributed by atoms with E-state index in [1.807, 2.05) is 13.0 Å². The Morgan fingerprint density at radius 3 is 2.67 bits per heavy atom. The van der Waals surface area contributed by atoms with E-state index in [4.69, 9.17) is 4.74 Å². The highest BCUT2D eigenvalue weighted by Crippen LogP contribution is 2.27. The number of benzene rings is 1. The first-order chi connectivity index (χ1) is 11.3. The van der Waals surface area contributed by atoms with Gasteiger partial charge in [0, 0.05) is 12.6 Å². The van der Waals surface area contributed by atoms with Crippen molar-refractivity contribution in [1.29, 1.82) is 0 Å². The Labute approximate surface area is 146 Å². The van der Waals surface area contributed by atoms with Gasteiger partial charge in [-0.25, -0.2) is 0 Å². The van der Waals surface area contributed by atoms with Crippen molar-refractivity contribution < 1.29 is 14.9 Å². The molecule has 1 aromatic carbocycles. The summed E-state index contributed by atoms with van der Waals surface area (Å²) in [6.07, 6.45) is 2.77. The van der Waals surface area contributed by atoms with Crippen LogP contribution < -0.4 is 4.74 Å². The third-order valence-corrected chi connectivity index (χ3v) is 4.88. The number of likely N-dealkylation sites (tertiary alicyclic amines) is 1. The quantitative estimate of drug-likeness (QED) is 0.839. The maximum atomic E-state index is 10.3. The Morgan fingerprint density at radius 2 is 2.04 bits per heavy atom. The van der Waals surface area contributed by atoms with Gasteiger partial charge in [0.15, 0.2) is 0 Å². The summed E-state index contributed by atoms with van der Waals surface area (Å²) in [6.45, 7) is 10.6. The van der Waals surface area contributed by atoms with Crippen LogP contribution in [-0.2, 0) is 5.41 Å². The molecule has 0 radical (unpaired) electrons. The van der Waals surface area contributed by atoms with Crippen molar-refractivity contribution in [3.63, 3.8) is 0 Å². The van der Waals surface area contributed by atoms with Gasteiger partial charge in [0.25, 0.3) is 0 Å². The van der Waals surface area contributed by atoms with E-state index in [1.54, 1.807) is 0 Å². The van der Waals surface area contributed by atoms with Crippen molar-refractivity contribution in [2.24, 2.45) is 0 Å². The third-order valence-electron chi connectivity index (χ3n) is 4.88. The number of aliphatic hydroxyl groups excluding tert-OH is 2. The lowest BCUT2D eigenvalue weighted by Crippen LogP contribution is -2.46. The fourth-order valence-corrected chi connectivity index (χ4v) is 3.29. The van der Waals surface area contributed by atoms with E-state index < -0.39 is 6.10 Å². The van der Waals surface area contributed by atoms with Gasteiger partial charge in [-0.05, 0) is 48.9 Å². The summed E-state index contributed by atoms with van der Waals surface area (Å²) in [5.74, 6) is 0.833. The largest absolute Gasteiger partial charge is 0.491 e. The number of nitrogens with zero attached hydrogens (tertiary/aromatic N) is 1. The van der Waals surface area contributed by atoms with Gasteiger partial charge in [-0.2, -0.15) is 0 Å². The van der Waals surface area contributed by atoms with Crippen LogP contribution in [-0.4, -0.2) is 53.6 Å². The number of rotatable bonds is 6. The van der Waals surface area contributed by atoms with Crippen molar-refractivity contribution in [3.8, 4) is 5.75 Å². The first kappa shape index (κ1) is 19.2. The number of β-amino-alcohol motifs (C(OH)–C–C–N with tert-alkyl or cyclic N) is 1. The van der Waals surface area contributed by atoms with E-state index >= 15 is 0 Å². The van der Waals surface area contributed by atoms with Crippen LogP contribution in [0, 0.1) is 6.92 Å². The van der Waals surface area contributed by atoms with Crippen molar-refractivity contribution in [3.05, 3.63) is 29.3 Å². The summed E-state index contributed by atoms with van der Waals surface area (Å²) >= 11 is 0. The van der Waals surface area contributed by atoms with Crippen molar-refractivity contribution in [2.75, 3.05) is 26.3 Å². The van der Waals surface area contributed by atoms with Crippen LogP contribution in [0.3, 0.4) is 0 Å². The summed E-state index contributed by atoms with van der Waals surface area (Å²) in [4.78, 5) is 2.19. The number of aliphatic hydroxyl groups is 2. The molecule has 1 aliphatic heterocycles. The SMILES string of the molecule is Cc1cc(C(C)(C)C)ccc1OC[C@H](O)CN1CCCC[C@H]1CO. The highest BCUT2D eigenvalue weighted by molar-refractivity contribution is 5.38. The molecule has 136 valence electrons. The predicted molar refractivity (Wildman–Crippen MR) is 97.7 cm³/mol. The minimum Gasteiger partial charge on any atom is -0.491 e. The number of aryl methyl sites for hydroxylation is 1. The van der Waals surface area contributed by atoms with Gasteiger partial charge >= 0.3 is 0 Å². The van der Waals surface area contributed by atoms with E-state index in [0.717, 1.165) is 37.1 Å². The van der Waals surface area contributed by atoms with Crippen LogP contribution in [0.5, 0.6) is 5.75 Å². The summed E-state index contributed by atoms with van der Waals surface area (Å²) in [6, 6.07) is 6.44. The Morgan fingerprint density at radius 1 is 1.29 bits per heavy atom. The molecular formula is C20H33NO3. The van der Waals surface area contributed by atoms with E-state index in [2.05, 4.69) is 37.8 Å². The maximum absolute atomic E-state index is 10.3. The first-order valence-corrected chi connectivity index (χ1v) is 9.08. The molecule has 0 spiro atoms. The van der Waals surface area contributed by atoms with E-state index in [-0.39, 0.29) is 24.7 Å². The van der Waals surface area contributed by atoms with Gasteiger partial charge in [0.05, 0.1) is 6.61 Å². The Hall–Kier alpha value is -1.10. The molecule has 1 heterocycles. The van der Waals surface area contributed by atoms with Crippen molar-refractivity contribution in [1.82, 2.24) is 4.90 Å². The summed E-state index contributed by atoms with van der Waals surface area (Å²) in [5.41, 5.74) is 2.50. The Bertz CT molecular complexity index is 524. The maximum Gasteiger partial charge on any atom is 0.122 e. The molecule has 0 aliphatic carbocycles. The normalized spacial score (nSPS) is 20.8. The molecule has 2 N–H and O–H groups in total. The molecule has 1 fully saturated rings. The second-order valence-electron chi connectivity index (χ2n) is 8.02. The van der Waals surface area contributed by atoms with Crippen LogP contribution >= 0.6 is 0 Å². The fourth-order valence-electron chi connectivity index (χ4n) is 3.29. The average Bonchev–Trinajstić information content (AvgIpc) is 2.53. The molecule has 0 bridgehead atoms. The van der Waals surface area contributed by atoms with E-state index in [9.17, 15) is 10.2 Å². The zero-order valence-electron chi connectivity index (χ0n) is 15.6. The molecule has 0 unspecified atom stereocenters. The molecule has 0 saturated carbocycles. The van der Waals surface area contributed by atoms with Crippen LogP contribution in [0.4, 0.5) is 0 Å². The van der Waals surface area contributed by atoms with Crippen molar-refractivity contribution in [2.45, 2.75) is 64.5 Å². The van der Waals surface area contributed by atoms with Crippen LogP contribution in [0.15, 0.2) is 18.2 Å². The minimum absolute atomic E-state index is 0.121. The molecule has 1 saturated heterocycles. The fraction of sp³-hybridized carbons (Fsp3) is 0.700. The molecule has 4 heteroatoms. The van der Waals surface area contributed by atoms with E-state index in [1.165, 1.54) is 5.56 Å². The molecular weight excluding hydrogens is 302 g/mol. The minimum atomic E-state index is -0.543. The van der Waals surface area contributed by atoms with Gasteiger partial charge in [-0.3, -0.25) is 4.90 Å². The van der Waals surface area contributed by atoms with Gasteiger partial charge in [0.2, 0.25) is 0 Å². The first-order valence-electron chi connectivity index (χ1n) is 9.08. The van der Waals surface area contributed by atoms with Crippen LogP contribution in [0.2, 0.25) is 0 Å².